The molecule has 1 rings (SSSR count). The van der Waals surface area contributed by atoms with Gasteiger partial charge < -0.3 is 9.47 Å². The number of hydrogen-bond acceptors (Lipinski definition) is 4. The molecular formula is C14H22BrNO4S. The number of halogens is 1. The van der Waals surface area contributed by atoms with Crippen LogP contribution in [0.4, 0.5) is 0 Å². The van der Waals surface area contributed by atoms with Gasteiger partial charge in [-0.15, -0.1) is 0 Å². The number of sulfonamides is 1. The molecule has 5 nitrogen and oxygen atoms in total. The monoisotopic (exact) mass is 379 g/mol. The molecule has 0 bridgehead atoms. The highest BCUT2D eigenvalue weighted by molar-refractivity contribution is 9.10. The van der Waals surface area contributed by atoms with Gasteiger partial charge >= 0.3 is 0 Å². The average molecular weight is 380 g/mol. The summed E-state index contributed by atoms with van der Waals surface area (Å²) in [6, 6.07) is 5.22. The third-order valence-corrected chi connectivity index (χ3v) is 5.88. The van der Waals surface area contributed by atoms with Gasteiger partial charge in [0.25, 0.3) is 0 Å². The molecule has 0 heterocycles. The van der Waals surface area contributed by atoms with Gasteiger partial charge in [0, 0.05) is 38.4 Å². The van der Waals surface area contributed by atoms with E-state index in [-0.39, 0.29) is 4.90 Å². The summed E-state index contributed by atoms with van der Waals surface area (Å²) in [6.07, 6.45) is 0.642. The average Bonchev–Trinajstić information content (AvgIpc) is 2.42. The van der Waals surface area contributed by atoms with Crippen molar-refractivity contribution >= 4 is 26.0 Å². The molecule has 0 aliphatic heterocycles. The van der Waals surface area contributed by atoms with Crippen LogP contribution in [-0.2, 0) is 19.5 Å². The largest absolute Gasteiger partial charge is 0.385 e. The molecule has 120 valence electrons. The van der Waals surface area contributed by atoms with Crippen LogP contribution in [0.25, 0.3) is 0 Å². The Bertz CT molecular complexity index is 548. The predicted octanol–water partition coefficient (Wildman–Crippen LogP) is 2.43. The van der Waals surface area contributed by atoms with E-state index in [1.807, 2.05) is 6.92 Å². The minimum atomic E-state index is -3.55. The van der Waals surface area contributed by atoms with Crippen molar-refractivity contribution < 1.29 is 17.9 Å². The molecule has 0 radical (unpaired) electrons. The first-order valence-electron chi connectivity index (χ1n) is 6.67. The fourth-order valence-corrected chi connectivity index (χ4v) is 4.50. The molecule has 7 heteroatoms. The summed E-state index contributed by atoms with van der Waals surface area (Å²) in [5.41, 5.74) is 1.00. The van der Waals surface area contributed by atoms with E-state index in [9.17, 15) is 8.42 Å². The van der Waals surface area contributed by atoms with Crippen molar-refractivity contribution in [3.8, 4) is 0 Å². The van der Waals surface area contributed by atoms with Gasteiger partial charge in [0.15, 0.2) is 0 Å². The Hall–Kier alpha value is -0.470. The quantitative estimate of drug-likeness (QED) is 0.618. The maximum Gasteiger partial charge on any atom is 0.244 e. The number of aryl methyl sites for hydroxylation is 1. The Labute approximate surface area is 135 Å². The van der Waals surface area contributed by atoms with E-state index in [1.54, 1.807) is 32.4 Å². The van der Waals surface area contributed by atoms with Crippen molar-refractivity contribution in [1.82, 2.24) is 4.31 Å². The molecular weight excluding hydrogens is 358 g/mol. The van der Waals surface area contributed by atoms with E-state index < -0.39 is 10.0 Å². The van der Waals surface area contributed by atoms with Crippen molar-refractivity contribution in [2.24, 2.45) is 0 Å². The zero-order valence-electron chi connectivity index (χ0n) is 12.6. The third-order valence-electron chi connectivity index (χ3n) is 3.01. The van der Waals surface area contributed by atoms with Gasteiger partial charge in [0.05, 0.1) is 11.5 Å². The zero-order valence-corrected chi connectivity index (χ0v) is 15.0. The standard InChI is InChI=1S/C14H22BrNO4S/c1-12-5-6-14(13(15)11-12)21(17,18)16(8-10-20-3)7-4-9-19-2/h5-6,11H,4,7-10H2,1-3H3. The number of benzene rings is 1. The van der Waals surface area contributed by atoms with Crippen LogP contribution in [0.15, 0.2) is 27.6 Å². The van der Waals surface area contributed by atoms with Crippen LogP contribution in [-0.4, -0.2) is 53.2 Å². The van der Waals surface area contributed by atoms with E-state index in [0.29, 0.717) is 37.2 Å². The van der Waals surface area contributed by atoms with Gasteiger partial charge in [0.2, 0.25) is 10.0 Å². The third kappa shape index (κ3) is 5.34. The predicted molar refractivity (Wildman–Crippen MR) is 86.0 cm³/mol. The summed E-state index contributed by atoms with van der Waals surface area (Å²) in [4.78, 5) is 0.279. The Morgan fingerprint density at radius 1 is 1.14 bits per heavy atom. The Morgan fingerprint density at radius 3 is 2.38 bits per heavy atom. The maximum atomic E-state index is 12.8. The van der Waals surface area contributed by atoms with Gasteiger partial charge in [-0.1, -0.05) is 6.07 Å². The van der Waals surface area contributed by atoms with Gasteiger partial charge in [-0.05, 0) is 47.0 Å². The highest BCUT2D eigenvalue weighted by Gasteiger charge is 2.25. The molecule has 1 aromatic rings. The lowest BCUT2D eigenvalue weighted by Crippen LogP contribution is -2.35. The van der Waals surface area contributed by atoms with Gasteiger partial charge in [-0.3, -0.25) is 0 Å². The molecule has 0 N–H and O–H groups in total. The fraction of sp³-hybridized carbons (Fsp3) is 0.571. The second kappa shape index (κ2) is 8.85. The number of ether oxygens (including phenoxy) is 2. The molecule has 21 heavy (non-hydrogen) atoms. The number of rotatable bonds is 9. The molecule has 0 saturated heterocycles. The van der Waals surface area contributed by atoms with Crippen LogP contribution in [0.1, 0.15) is 12.0 Å². The van der Waals surface area contributed by atoms with Crippen molar-refractivity contribution in [3.63, 3.8) is 0 Å². The smallest absolute Gasteiger partial charge is 0.244 e. The first-order chi connectivity index (χ1) is 9.93. The summed E-state index contributed by atoms with van der Waals surface area (Å²) in [5.74, 6) is 0. The molecule has 0 fully saturated rings. The summed E-state index contributed by atoms with van der Waals surface area (Å²) in [6.45, 7) is 3.52. The van der Waals surface area contributed by atoms with Crippen LogP contribution < -0.4 is 0 Å². The topological polar surface area (TPSA) is 55.8 Å². The number of nitrogens with zero attached hydrogens (tertiary/aromatic N) is 1. The van der Waals surface area contributed by atoms with Crippen molar-refractivity contribution in [3.05, 3.63) is 28.2 Å². The summed E-state index contributed by atoms with van der Waals surface area (Å²) < 4.78 is 37.5. The Kier molecular flexibility index (Phi) is 7.83. The van der Waals surface area contributed by atoms with Crippen LogP contribution in [0.3, 0.4) is 0 Å². The maximum absolute atomic E-state index is 12.8. The molecule has 0 aliphatic carbocycles. The van der Waals surface area contributed by atoms with E-state index in [0.717, 1.165) is 5.56 Å². The molecule has 0 amide bonds. The summed E-state index contributed by atoms with van der Waals surface area (Å²) in [5, 5.41) is 0. The summed E-state index contributed by atoms with van der Waals surface area (Å²) >= 11 is 3.34. The molecule has 0 spiro atoms. The lowest BCUT2D eigenvalue weighted by molar-refractivity contribution is 0.164. The number of methoxy groups -OCH3 is 2. The Balaban J connectivity index is 3.01. The minimum absolute atomic E-state index is 0.279. The van der Waals surface area contributed by atoms with Crippen LogP contribution in [0.2, 0.25) is 0 Å². The van der Waals surface area contributed by atoms with Gasteiger partial charge in [-0.25, -0.2) is 8.42 Å². The minimum Gasteiger partial charge on any atom is -0.385 e. The first kappa shape index (κ1) is 18.6. The SMILES string of the molecule is COCCCN(CCOC)S(=O)(=O)c1ccc(C)cc1Br. The Morgan fingerprint density at radius 2 is 1.81 bits per heavy atom. The second-order valence-corrected chi connectivity index (χ2v) is 7.44. The zero-order chi connectivity index (χ0) is 15.9. The van der Waals surface area contributed by atoms with Crippen molar-refractivity contribution in [1.29, 1.82) is 0 Å². The van der Waals surface area contributed by atoms with Gasteiger partial charge in [-0.2, -0.15) is 4.31 Å². The molecule has 0 aliphatic rings. The highest BCUT2D eigenvalue weighted by atomic mass is 79.9. The van der Waals surface area contributed by atoms with Gasteiger partial charge in [0.1, 0.15) is 0 Å². The number of hydrogen-bond donors (Lipinski definition) is 0. The second-order valence-electron chi connectivity index (χ2n) is 4.68. The highest BCUT2D eigenvalue weighted by Crippen LogP contribution is 2.26. The van der Waals surface area contributed by atoms with Crippen LogP contribution in [0.5, 0.6) is 0 Å². The molecule has 0 unspecified atom stereocenters. The first-order valence-corrected chi connectivity index (χ1v) is 8.91. The summed E-state index contributed by atoms with van der Waals surface area (Å²) in [7, 11) is -0.391. The fourth-order valence-electron chi connectivity index (χ4n) is 1.88. The van der Waals surface area contributed by atoms with Crippen LogP contribution >= 0.6 is 15.9 Å². The van der Waals surface area contributed by atoms with Crippen molar-refractivity contribution in [2.75, 3.05) is 40.5 Å². The van der Waals surface area contributed by atoms with Crippen molar-refractivity contribution in [2.45, 2.75) is 18.2 Å². The molecule has 1 aromatic carbocycles. The van der Waals surface area contributed by atoms with E-state index in [1.165, 1.54) is 4.31 Å². The van der Waals surface area contributed by atoms with E-state index in [4.69, 9.17) is 9.47 Å². The molecule has 0 saturated carbocycles. The molecule has 0 aromatic heterocycles. The van der Waals surface area contributed by atoms with E-state index in [2.05, 4.69) is 15.9 Å². The lowest BCUT2D eigenvalue weighted by atomic mass is 10.2. The van der Waals surface area contributed by atoms with E-state index >= 15 is 0 Å². The lowest BCUT2D eigenvalue weighted by Gasteiger charge is -2.22. The molecule has 0 atom stereocenters. The normalized spacial score (nSPS) is 12.0. The van der Waals surface area contributed by atoms with Crippen LogP contribution in [0, 0.1) is 6.92 Å².